The Labute approximate surface area is 169 Å². The third-order valence-corrected chi connectivity index (χ3v) is 4.97. The fraction of sp³-hybridized carbons (Fsp3) is 0.318. The van der Waals surface area contributed by atoms with Crippen molar-refractivity contribution in [1.82, 2.24) is 10.2 Å². The summed E-state index contributed by atoms with van der Waals surface area (Å²) in [7, 11) is 0. The maximum absolute atomic E-state index is 12.7. The standard InChI is InChI=1S/C22H25N3O4/c1-15(26)29-20-4-2-3-18(13-20)22(28)25-11-9-16(10-12-25)14-24-21(27)17-5-7-19(23)8-6-17/h2-8,13,16H,9-12,14,23H2,1H3,(H,24,27). The van der Waals surface area contributed by atoms with E-state index in [9.17, 15) is 14.4 Å². The first-order valence-corrected chi connectivity index (χ1v) is 9.64. The van der Waals surface area contributed by atoms with Gasteiger partial charge in [0.15, 0.2) is 0 Å². The van der Waals surface area contributed by atoms with E-state index in [-0.39, 0.29) is 11.8 Å². The molecule has 7 heteroatoms. The van der Waals surface area contributed by atoms with E-state index >= 15 is 0 Å². The van der Waals surface area contributed by atoms with Crippen molar-refractivity contribution in [2.24, 2.45) is 5.92 Å². The van der Waals surface area contributed by atoms with Crippen LogP contribution in [0.25, 0.3) is 0 Å². The Morgan fingerprint density at radius 3 is 2.41 bits per heavy atom. The number of nitrogens with zero attached hydrogens (tertiary/aromatic N) is 1. The smallest absolute Gasteiger partial charge is 0.308 e. The number of hydrogen-bond acceptors (Lipinski definition) is 5. The molecule has 1 fully saturated rings. The second-order valence-corrected chi connectivity index (χ2v) is 7.19. The fourth-order valence-electron chi connectivity index (χ4n) is 3.35. The molecule has 0 aliphatic carbocycles. The van der Waals surface area contributed by atoms with Crippen molar-refractivity contribution in [3.63, 3.8) is 0 Å². The van der Waals surface area contributed by atoms with Crippen molar-refractivity contribution in [1.29, 1.82) is 0 Å². The van der Waals surface area contributed by atoms with Crippen molar-refractivity contribution in [3.8, 4) is 5.75 Å². The summed E-state index contributed by atoms with van der Waals surface area (Å²) >= 11 is 0. The van der Waals surface area contributed by atoms with Crippen LogP contribution < -0.4 is 15.8 Å². The van der Waals surface area contributed by atoms with E-state index in [4.69, 9.17) is 10.5 Å². The molecule has 7 nitrogen and oxygen atoms in total. The number of anilines is 1. The van der Waals surface area contributed by atoms with E-state index in [0.29, 0.717) is 48.1 Å². The van der Waals surface area contributed by atoms with Crippen molar-refractivity contribution < 1.29 is 19.1 Å². The zero-order chi connectivity index (χ0) is 20.8. The maximum Gasteiger partial charge on any atom is 0.308 e. The number of piperidine rings is 1. The van der Waals surface area contributed by atoms with Gasteiger partial charge in [0.2, 0.25) is 0 Å². The molecule has 0 bridgehead atoms. The number of benzene rings is 2. The molecule has 0 saturated carbocycles. The van der Waals surface area contributed by atoms with Gasteiger partial charge in [-0.15, -0.1) is 0 Å². The number of nitrogen functional groups attached to an aromatic ring is 1. The molecule has 1 heterocycles. The number of hydrogen-bond donors (Lipinski definition) is 2. The Morgan fingerprint density at radius 2 is 1.76 bits per heavy atom. The number of likely N-dealkylation sites (tertiary alicyclic amines) is 1. The number of carbonyl (C=O) groups is 3. The van der Waals surface area contributed by atoms with E-state index < -0.39 is 5.97 Å². The first kappa shape index (κ1) is 20.4. The molecule has 1 aliphatic heterocycles. The Balaban J connectivity index is 1.48. The summed E-state index contributed by atoms with van der Waals surface area (Å²) in [5.74, 6) is 0.0679. The molecule has 3 rings (SSSR count). The van der Waals surface area contributed by atoms with Crippen LogP contribution in [0.2, 0.25) is 0 Å². The van der Waals surface area contributed by atoms with Gasteiger partial charge in [0.25, 0.3) is 11.8 Å². The first-order valence-electron chi connectivity index (χ1n) is 9.64. The van der Waals surface area contributed by atoms with Crippen molar-refractivity contribution in [3.05, 3.63) is 59.7 Å². The molecule has 1 aliphatic rings. The normalized spacial score (nSPS) is 14.3. The third-order valence-electron chi connectivity index (χ3n) is 4.97. The van der Waals surface area contributed by atoms with E-state index in [2.05, 4.69) is 5.32 Å². The average molecular weight is 395 g/mol. The van der Waals surface area contributed by atoms with Gasteiger partial charge in [0.05, 0.1) is 0 Å². The van der Waals surface area contributed by atoms with E-state index in [1.54, 1.807) is 53.4 Å². The SMILES string of the molecule is CC(=O)Oc1cccc(C(=O)N2CCC(CNC(=O)c3ccc(N)cc3)CC2)c1. The number of amides is 2. The van der Waals surface area contributed by atoms with Gasteiger partial charge in [-0.3, -0.25) is 14.4 Å². The highest BCUT2D eigenvalue weighted by atomic mass is 16.5. The largest absolute Gasteiger partial charge is 0.427 e. The molecule has 2 amide bonds. The fourth-order valence-corrected chi connectivity index (χ4v) is 3.35. The van der Waals surface area contributed by atoms with E-state index in [1.807, 2.05) is 0 Å². The molecule has 0 aromatic heterocycles. The predicted molar refractivity (Wildman–Crippen MR) is 110 cm³/mol. The molecule has 1 saturated heterocycles. The highest BCUT2D eigenvalue weighted by Crippen LogP contribution is 2.21. The molecule has 0 spiro atoms. The quantitative estimate of drug-likeness (QED) is 0.460. The molecular formula is C22H25N3O4. The summed E-state index contributed by atoms with van der Waals surface area (Å²) in [5.41, 5.74) is 7.34. The molecule has 152 valence electrons. The molecular weight excluding hydrogens is 370 g/mol. The van der Waals surface area contributed by atoms with Gasteiger partial charge >= 0.3 is 5.97 Å². The average Bonchev–Trinajstić information content (AvgIpc) is 2.72. The predicted octanol–water partition coefficient (Wildman–Crippen LogP) is 2.48. The molecule has 29 heavy (non-hydrogen) atoms. The summed E-state index contributed by atoms with van der Waals surface area (Å²) in [6.07, 6.45) is 1.63. The zero-order valence-electron chi connectivity index (χ0n) is 16.4. The number of rotatable bonds is 5. The van der Waals surface area contributed by atoms with Gasteiger partial charge in [-0.25, -0.2) is 0 Å². The minimum Gasteiger partial charge on any atom is -0.427 e. The summed E-state index contributed by atoms with van der Waals surface area (Å²) < 4.78 is 5.05. The van der Waals surface area contributed by atoms with E-state index in [1.165, 1.54) is 6.92 Å². The van der Waals surface area contributed by atoms with Crippen LogP contribution in [0.4, 0.5) is 5.69 Å². The lowest BCUT2D eigenvalue weighted by molar-refractivity contribution is -0.131. The molecule has 3 N–H and O–H groups in total. The Kier molecular flexibility index (Phi) is 6.49. The zero-order valence-corrected chi connectivity index (χ0v) is 16.4. The summed E-state index contributed by atoms with van der Waals surface area (Å²) in [6, 6.07) is 13.5. The Bertz CT molecular complexity index is 887. The van der Waals surface area contributed by atoms with Crippen LogP contribution in [0.15, 0.2) is 48.5 Å². The molecule has 0 atom stereocenters. The second kappa shape index (κ2) is 9.23. The van der Waals surface area contributed by atoms with Gasteiger partial charge in [0.1, 0.15) is 5.75 Å². The summed E-state index contributed by atoms with van der Waals surface area (Å²) in [5, 5.41) is 2.96. The van der Waals surface area contributed by atoms with Crippen LogP contribution in [-0.4, -0.2) is 42.3 Å². The topological polar surface area (TPSA) is 102 Å². The number of ether oxygens (including phenoxy) is 1. The third kappa shape index (κ3) is 5.57. The van der Waals surface area contributed by atoms with Crippen LogP contribution in [0, 0.1) is 5.92 Å². The minimum atomic E-state index is -0.420. The van der Waals surface area contributed by atoms with Crippen LogP contribution in [0.1, 0.15) is 40.5 Å². The lowest BCUT2D eigenvalue weighted by Gasteiger charge is -2.32. The number of nitrogens with one attached hydrogen (secondary N) is 1. The Hall–Kier alpha value is -3.35. The second-order valence-electron chi connectivity index (χ2n) is 7.19. The molecule has 2 aromatic rings. The molecule has 0 unspecified atom stereocenters. The van der Waals surface area contributed by atoms with Gasteiger partial charge in [-0.2, -0.15) is 0 Å². The highest BCUT2D eigenvalue weighted by molar-refractivity contribution is 5.95. The lowest BCUT2D eigenvalue weighted by Crippen LogP contribution is -2.41. The van der Waals surface area contributed by atoms with Gasteiger partial charge < -0.3 is 20.7 Å². The van der Waals surface area contributed by atoms with Crippen LogP contribution in [0.3, 0.4) is 0 Å². The van der Waals surface area contributed by atoms with Crippen LogP contribution in [0.5, 0.6) is 5.75 Å². The monoisotopic (exact) mass is 395 g/mol. The van der Waals surface area contributed by atoms with Crippen molar-refractivity contribution >= 4 is 23.5 Å². The van der Waals surface area contributed by atoms with Crippen molar-refractivity contribution in [2.45, 2.75) is 19.8 Å². The molecule has 2 aromatic carbocycles. The summed E-state index contributed by atoms with van der Waals surface area (Å²) in [4.78, 5) is 37.8. The van der Waals surface area contributed by atoms with Gasteiger partial charge in [-0.05, 0) is 61.2 Å². The van der Waals surface area contributed by atoms with Crippen LogP contribution >= 0.6 is 0 Å². The Morgan fingerprint density at radius 1 is 1.07 bits per heavy atom. The van der Waals surface area contributed by atoms with Crippen LogP contribution in [-0.2, 0) is 4.79 Å². The maximum atomic E-state index is 12.7. The number of esters is 1. The molecule has 0 radical (unpaired) electrons. The van der Waals surface area contributed by atoms with Gasteiger partial charge in [0, 0.05) is 43.4 Å². The highest BCUT2D eigenvalue weighted by Gasteiger charge is 2.24. The lowest BCUT2D eigenvalue weighted by atomic mass is 9.96. The number of carbonyl (C=O) groups excluding carboxylic acids is 3. The van der Waals surface area contributed by atoms with E-state index in [0.717, 1.165) is 12.8 Å². The first-order chi connectivity index (χ1) is 13.9. The summed E-state index contributed by atoms with van der Waals surface area (Å²) in [6.45, 7) is 3.15. The number of nitrogens with two attached hydrogens (primary N) is 1. The van der Waals surface area contributed by atoms with Gasteiger partial charge in [-0.1, -0.05) is 6.07 Å². The minimum absolute atomic E-state index is 0.0802. The van der Waals surface area contributed by atoms with Crippen molar-refractivity contribution in [2.75, 3.05) is 25.4 Å².